The first-order valence-corrected chi connectivity index (χ1v) is 34.8. The van der Waals surface area contributed by atoms with Gasteiger partial charge in [0.1, 0.15) is 54.4 Å². The number of aromatic nitrogens is 9. The number of pyridine rings is 3. The molecular weight excluding hydrogens is 1370 g/mol. The maximum Gasteiger partial charge on any atom is 0.433 e. The van der Waals surface area contributed by atoms with Gasteiger partial charge in [-0.15, -0.1) is 30.6 Å². The molecule has 0 unspecified atom stereocenters. The molecule has 6 aliphatic heterocycles. The second-order valence-electron chi connectivity index (χ2n) is 28.4. The van der Waals surface area contributed by atoms with Crippen molar-refractivity contribution in [2.75, 3.05) is 110 Å². The fraction of sp³-hybridized carbons (Fsp3) is 0.346. The number of rotatable bonds is 25. The number of halogens is 7. The van der Waals surface area contributed by atoms with Crippen molar-refractivity contribution in [1.29, 1.82) is 0 Å². The van der Waals surface area contributed by atoms with Gasteiger partial charge in [0, 0.05) is 203 Å². The van der Waals surface area contributed by atoms with Crippen molar-refractivity contribution >= 4 is 34.5 Å². The summed E-state index contributed by atoms with van der Waals surface area (Å²) in [7, 11) is 2.13. The Kier molecular flexibility index (Phi) is 21.7. The molecule has 3 N–H and O–H groups in total. The molecule has 9 aromatic rings. The number of hydrogen-bond donors (Lipinski definition) is 3. The third kappa shape index (κ3) is 18.2. The fourth-order valence-corrected chi connectivity index (χ4v) is 13.7. The molecule has 12 heterocycles. The molecule has 6 fully saturated rings. The smallest absolute Gasteiger partial charge is 0.433 e. The molecule has 0 bridgehead atoms. The monoisotopic (exact) mass is 1450 g/mol. The lowest BCUT2D eigenvalue weighted by Crippen LogP contribution is -2.71. The molecule has 3 aromatic carbocycles. The molecule has 0 radical (unpaired) electrons. The van der Waals surface area contributed by atoms with E-state index in [1.54, 1.807) is 48.5 Å². The minimum Gasteiger partial charge on any atom is -0.472 e. The van der Waals surface area contributed by atoms with Gasteiger partial charge in [0.25, 0.3) is 12.9 Å². The molecule has 3 spiro atoms. The summed E-state index contributed by atoms with van der Waals surface area (Å²) in [6.07, 6.45) is -4.64. The van der Waals surface area contributed by atoms with Crippen LogP contribution in [0.25, 0.3) is 0 Å². The number of ether oxygens (including phenoxy) is 3. The van der Waals surface area contributed by atoms with Crippen LogP contribution in [0.3, 0.4) is 0 Å². The predicted octanol–water partition coefficient (Wildman–Crippen LogP) is 14.0. The van der Waals surface area contributed by atoms with Crippen LogP contribution in [-0.4, -0.2) is 139 Å². The Hall–Kier alpha value is -11.3. The first-order valence-electron chi connectivity index (χ1n) is 34.8. The molecule has 28 heteroatoms. The minimum atomic E-state index is -4.46. The summed E-state index contributed by atoms with van der Waals surface area (Å²) in [5.74, 6) is 2.85. The summed E-state index contributed by atoms with van der Waals surface area (Å²) in [6.45, 7) is 30.7. The summed E-state index contributed by atoms with van der Waals surface area (Å²) in [5.41, 5.74) is 12.4. The number of hydrogen-bond acceptors (Lipinski definition) is 21. The van der Waals surface area contributed by atoms with Gasteiger partial charge in [0.05, 0.1) is 0 Å². The second-order valence-corrected chi connectivity index (χ2v) is 28.4. The van der Waals surface area contributed by atoms with E-state index < -0.39 is 24.7 Å². The van der Waals surface area contributed by atoms with Crippen LogP contribution in [0.5, 0.6) is 17.6 Å². The molecule has 552 valence electrons. The van der Waals surface area contributed by atoms with Gasteiger partial charge in [-0.3, -0.25) is 15.0 Å². The molecule has 0 atom stereocenters. The van der Waals surface area contributed by atoms with Crippen molar-refractivity contribution in [2.24, 2.45) is 16.2 Å². The van der Waals surface area contributed by atoms with E-state index in [9.17, 15) is 30.7 Å². The topological polar surface area (TPSA) is 199 Å². The molecule has 0 amide bonds. The third-order valence-corrected chi connectivity index (χ3v) is 19.7. The van der Waals surface area contributed by atoms with Crippen LogP contribution in [0.1, 0.15) is 83.6 Å². The Bertz CT molecular complexity index is 4420. The summed E-state index contributed by atoms with van der Waals surface area (Å²) in [4.78, 5) is 25.1. The number of allylic oxidation sites excluding steroid dienone is 3. The lowest BCUT2D eigenvalue weighted by Gasteiger charge is -2.61. The van der Waals surface area contributed by atoms with Crippen LogP contribution >= 0.6 is 0 Å². The maximum atomic E-state index is 12.6. The SMILES string of the molecule is C=C(C)N1CC2(C1)CN(c1ccc(CNc3ccc(OCc4ccc(C(F)(F)F)nc4)nn3)cc1)C2.C=C(C)N1CC2(C1)CN(c1ccc(CNc3ccc(OCc4ccc(C(F)F)nc4)nn3)cc1)C2.C=C1CC2(CN1C)CN(c1ccc(CNc3ccc(OCc4ccc(C(F)F)nc4)nn3)cc1)C2. The minimum absolute atomic E-state index is 0.0449. The zero-order valence-electron chi connectivity index (χ0n) is 59.2. The van der Waals surface area contributed by atoms with Crippen LogP contribution in [0.2, 0.25) is 0 Å². The predicted molar refractivity (Wildman–Crippen MR) is 391 cm³/mol. The average molecular weight is 1450 g/mol. The molecule has 6 aromatic heterocycles. The Morgan fingerprint density at radius 3 is 1.02 bits per heavy atom. The van der Waals surface area contributed by atoms with E-state index >= 15 is 0 Å². The maximum absolute atomic E-state index is 12.6. The van der Waals surface area contributed by atoms with Gasteiger partial charge in [-0.25, -0.2) is 17.6 Å². The highest BCUT2D eigenvalue weighted by Gasteiger charge is 2.53. The molecule has 0 saturated carbocycles. The van der Waals surface area contributed by atoms with Crippen molar-refractivity contribution in [2.45, 2.75) is 78.8 Å². The Morgan fingerprint density at radius 2 is 0.755 bits per heavy atom. The molecule has 106 heavy (non-hydrogen) atoms. The quantitative estimate of drug-likeness (QED) is 0.0456. The first-order chi connectivity index (χ1) is 51.0. The van der Waals surface area contributed by atoms with Crippen LogP contribution in [0, 0.1) is 16.2 Å². The summed E-state index contributed by atoms with van der Waals surface area (Å²) < 4.78 is 105. The van der Waals surface area contributed by atoms with E-state index in [1.165, 1.54) is 53.4 Å². The van der Waals surface area contributed by atoms with Gasteiger partial charge >= 0.3 is 6.18 Å². The molecule has 6 saturated heterocycles. The molecule has 15 rings (SSSR count). The molecule has 0 aliphatic carbocycles. The summed E-state index contributed by atoms with van der Waals surface area (Å²) in [5, 5.41) is 34.3. The van der Waals surface area contributed by atoms with Gasteiger partial charge in [-0.05, 0) is 110 Å². The van der Waals surface area contributed by atoms with Crippen molar-refractivity contribution in [3.05, 3.63) is 251 Å². The zero-order chi connectivity index (χ0) is 74.2. The average Bonchev–Trinajstić information content (AvgIpc) is 0.910. The normalized spacial score (nSPS) is 16.4. The first kappa shape index (κ1) is 73.0. The van der Waals surface area contributed by atoms with E-state index in [0.29, 0.717) is 81.8 Å². The Balaban J connectivity index is 0.000000141. The Labute approximate surface area is 610 Å². The van der Waals surface area contributed by atoms with Gasteiger partial charge in [-0.2, -0.15) is 13.2 Å². The second kappa shape index (κ2) is 31.6. The molecular formula is C78H83F7N18O3. The van der Waals surface area contributed by atoms with E-state index in [4.69, 9.17) is 14.2 Å². The lowest BCUT2D eigenvalue weighted by molar-refractivity contribution is -0.141. The largest absolute Gasteiger partial charge is 0.472 e. The van der Waals surface area contributed by atoms with Crippen LogP contribution < -0.4 is 44.9 Å². The van der Waals surface area contributed by atoms with Crippen molar-refractivity contribution in [3.63, 3.8) is 0 Å². The Morgan fingerprint density at radius 1 is 0.425 bits per heavy atom. The van der Waals surface area contributed by atoms with Gasteiger partial charge in [0.2, 0.25) is 17.6 Å². The van der Waals surface area contributed by atoms with E-state index in [2.05, 4.69) is 204 Å². The van der Waals surface area contributed by atoms with E-state index in [-0.39, 0.29) is 37.1 Å². The van der Waals surface area contributed by atoms with Crippen LogP contribution in [0.4, 0.5) is 65.2 Å². The van der Waals surface area contributed by atoms with Crippen LogP contribution in [0.15, 0.2) is 201 Å². The summed E-state index contributed by atoms with van der Waals surface area (Å²) in [6, 6.07) is 44.1. The number of likely N-dealkylation sites (tertiary alicyclic amines) is 3. The van der Waals surface area contributed by atoms with Crippen molar-refractivity contribution in [3.8, 4) is 17.6 Å². The highest BCUT2D eigenvalue weighted by atomic mass is 19.4. The summed E-state index contributed by atoms with van der Waals surface area (Å²) >= 11 is 0. The van der Waals surface area contributed by atoms with E-state index in [1.807, 2.05) is 0 Å². The number of alkyl halides is 7. The van der Waals surface area contributed by atoms with Crippen molar-refractivity contribution < 1.29 is 44.9 Å². The fourth-order valence-electron chi connectivity index (χ4n) is 13.7. The standard InChI is InChI=1S/C26H27F3N6O.2C26H28F2N6O/c1-18(2)34-14-25(15-34)16-35(17-25)21-6-3-19(4-7-21)11-31-23-9-10-24(33-32-23)36-13-20-5-8-22(30-12-20)26(27,28)29;1-18-11-26(15-33(18)2)16-34(17-26)21-6-3-19(4-7-21)12-30-23-9-10-24(32-31-23)35-14-20-5-8-22(25(27)28)29-13-20;1-18(2)33-14-26(15-33)16-34(17-26)21-6-3-19(4-7-21)11-30-23-9-10-24(32-31-23)35-13-20-5-8-22(25(27)28)29-12-20/h3-10,12H,1,11,13-17H2,2H3,(H,31,32);3-10,13,25H,1,11-12,14-17H2,2H3,(H,30,31);3-10,12,25H,1,11,13-17H2,2H3,(H,30,31). The highest BCUT2D eigenvalue weighted by molar-refractivity contribution is 5.55. The third-order valence-electron chi connectivity index (χ3n) is 19.7. The molecule has 21 nitrogen and oxygen atoms in total. The highest BCUT2D eigenvalue weighted by Crippen LogP contribution is 2.46. The van der Waals surface area contributed by atoms with E-state index in [0.717, 1.165) is 119 Å². The van der Waals surface area contributed by atoms with Gasteiger partial charge < -0.3 is 59.6 Å². The zero-order valence-corrected chi connectivity index (χ0v) is 59.2. The lowest BCUT2D eigenvalue weighted by atomic mass is 9.72. The van der Waals surface area contributed by atoms with Crippen molar-refractivity contribution in [1.82, 2.24) is 60.2 Å². The molecule has 6 aliphatic rings. The van der Waals surface area contributed by atoms with Crippen LogP contribution in [-0.2, 0) is 45.6 Å². The number of nitrogens with one attached hydrogen (secondary N) is 3. The number of nitrogens with zero attached hydrogens (tertiary/aromatic N) is 15. The number of anilines is 6. The number of benzene rings is 3. The van der Waals surface area contributed by atoms with Gasteiger partial charge in [-0.1, -0.05) is 74.3 Å². The van der Waals surface area contributed by atoms with Gasteiger partial charge in [0.15, 0.2) is 0 Å².